The summed E-state index contributed by atoms with van der Waals surface area (Å²) in [6.07, 6.45) is -0.503. The molecule has 4 atom stereocenters. The second kappa shape index (κ2) is 9.53. The number of rotatable bonds is 8. The van der Waals surface area contributed by atoms with Gasteiger partial charge in [-0.25, -0.2) is 4.79 Å². The van der Waals surface area contributed by atoms with Crippen molar-refractivity contribution in [3.05, 3.63) is 32.6 Å². The van der Waals surface area contributed by atoms with E-state index >= 15 is 0 Å². The minimum Gasteiger partial charge on any atom is -0.411 e. The van der Waals surface area contributed by atoms with Crippen molar-refractivity contribution in [1.82, 2.24) is 9.55 Å². The maximum Gasteiger partial charge on any atom is 0.330 e. The van der Waals surface area contributed by atoms with Crippen LogP contribution in [-0.4, -0.2) is 47.7 Å². The molecule has 1 unspecified atom stereocenters. The molecule has 1 aliphatic rings. The second-order valence-electron chi connectivity index (χ2n) is 9.33. The third-order valence-electron chi connectivity index (χ3n) is 5.84. The standard InChI is InChI=1S/C19H32N3O7PSi/c1-13-11-22(18(24)21-17(13)23)16-10-14(29-31(5,6)19(2,3)4)15(28-16)12-27-30(25,26)9-7-8-20/h11,14-16H,7,9-10,12H2,1-6H3,(H,25,26)(H,21,23,24)/t14-,15+,16+/m0/s1. The number of nitrogens with zero attached hydrogens (tertiary/aromatic N) is 2. The van der Waals surface area contributed by atoms with Crippen LogP contribution >= 0.6 is 7.60 Å². The average Bonchev–Trinajstić information content (AvgIpc) is 3.02. The molecule has 1 aliphatic heterocycles. The van der Waals surface area contributed by atoms with Crippen molar-refractivity contribution in [3.63, 3.8) is 0 Å². The highest BCUT2D eigenvalue weighted by Gasteiger charge is 2.45. The molecule has 1 fully saturated rings. The number of aromatic nitrogens is 2. The molecule has 2 N–H and O–H groups in total. The van der Waals surface area contributed by atoms with Gasteiger partial charge in [0.05, 0.1) is 24.9 Å². The fourth-order valence-electron chi connectivity index (χ4n) is 2.95. The summed E-state index contributed by atoms with van der Waals surface area (Å²) >= 11 is 0. The Balaban J connectivity index is 2.28. The van der Waals surface area contributed by atoms with Crippen LogP contribution in [0.4, 0.5) is 0 Å². The summed E-state index contributed by atoms with van der Waals surface area (Å²) in [5.74, 6) is 0. The Bertz CT molecular complexity index is 992. The average molecular weight is 474 g/mol. The van der Waals surface area contributed by atoms with E-state index < -0.39 is 45.6 Å². The van der Waals surface area contributed by atoms with Crippen LogP contribution in [0.2, 0.25) is 18.1 Å². The summed E-state index contributed by atoms with van der Waals surface area (Å²) in [7, 11) is -6.18. The minimum absolute atomic E-state index is 0.0824. The van der Waals surface area contributed by atoms with Crippen LogP contribution in [0.3, 0.4) is 0 Å². The number of H-pyrrole nitrogens is 1. The van der Waals surface area contributed by atoms with Gasteiger partial charge in [0.15, 0.2) is 8.32 Å². The van der Waals surface area contributed by atoms with E-state index in [1.807, 2.05) is 6.07 Å². The molecular formula is C19H32N3O7PSi. The van der Waals surface area contributed by atoms with E-state index in [0.29, 0.717) is 12.0 Å². The smallest absolute Gasteiger partial charge is 0.330 e. The molecule has 0 amide bonds. The molecular weight excluding hydrogens is 441 g/mol. The third-order valence-corrected chi connectivity index (χ3v) is 11.7. The number of nitriles is 1. The minimum atomic E-state index is -3.95. The molecule has 1 aromatic rings. The predicted molar refractivity (Wildman–Crippen MR) is 118 cm³/mol. The summed E-state index contributed by atoms with van der Waals surface area (Å²) in [4.78, 5) is 36.2. The van der Waals surface area contributed by atoms with Crippen LogP contribution in [-0.2, 0) is 18.3 Å². The molecule has 2 rings (SSSR count). The first kappa shape index (κ1) is 25.7. The van der Waals surface area contributed by atoms with Crippen molar-refractivity contribution in [2.45, 2.75) is 77.1 Å². The van der Waals surface area contributed by atoms with E-state index in [-0.39, 0.29) is 24.2 Å². The number of ether oxygens (including phenoxy) is 1. The third kappa shape index (κ3) is 6.48. The highest BCUT2D eigenvalue weighted by Crippen LogP contribution is 2.45. The number of nitrogens with one attached hydrogen (secondary N) is 1. The molecule has 10 nitrogen and oxygen atoms in total. The highest BCUT2D eigenvalue weighted by molar-refractivity contribution is 7.52. The summed E-state index contributed by atoms with van der Waals surface area (Å²) in [5.41, 5.74) is -0.705. The zero-order valence-electron chi connectivity index (χ0n) is 18.9. The molecule has 12 heteroatoms. The molecule has 0 aliphatic carbocycles. The largest absolute Gasteiger partial charge is 0.411 e. The monoisotopic (exact) mass is 473 g/mol. The van der Waals surface area contributed by atoms with Crippen LogP contribution in [0.25, 0.3) is 0 Å². The van der Waals surface area contributed by atoms with Gasteiger partial charge in [0.25, 0.3) is 5.56 Å². The van der Waals surface area contributed by atoms with Crippen LogP contribution in [0.1, 0.15) is 45.4 Å². The Morgan fingerprint density at radius 2 is 2.06 bits per heavy atom. The first-order valence-corrected chi connectivity index (χ1v) is 14.8. The normalized spacial score (nSPS) is 24.0. The first-order valence-electron chi connectivity index (χ1n) is 10.2. The van der Waals surface area contributed by atoms with Crippen LogP contribution < -0.4 is 11.2 Å². The fourth-order valence-corrected chi connectivity index (χ4v) is 5.20. The lowest BCUT2D eigenvalue weighted by molar-refractivity contribution is -0.0404. The van der Waals surface area contributed by atoms with Gasteiger partial charge in [-0.1, -0.05) is 20.8 Å². The van der Waals surface area contributed by atoms with E-state index in [1.54, 1.807) is 6.92 Å². The van der Waals surface area contributed by atoms with E-state index in [1.165, 1.54) is 10.8 Å². The Kier molecular flexibility index (Phi) is 7.90. The number of hydrogen-bond donors (Lipinski definition) is 2. The molecule has 0 spiro atoms. The quantitative estimate of drug-likeness (QED) is 0.433. The van der Waals surface area contributed by atoms with Crippen LogP contribution in [0, 0.1) is 18.3 Å². The van der Waals surface area contributed by atoms with Crippen LogP contribution in [0.5, 0.6) is 0 Å². The van der Waals surface area contributed by atoms with Crippen molar-refractivity contribution < 1.29 is 23.1 Å². The number of aryl methyl sites for hydroxylation is 1. The molecule has 0 saturated carbocycles. The maximum atomic E-state index is 12.3. The van der Waals surface area contributed by atoms with Gasteiger partial charge in [0.1, 0.15) is 12.3 Å². The van der Waals surface area contributed by atoms with E-state index in [0.717, 1.165) is 0 Å². The van der Waals surface area contributed by atoms with Gasteiger partial charge in [-0.15, -0.1) is 0 Å². The number of aromatic amines is 1. The SMILES string of the molecule is Cc1cn([C@H]2C[C@H](O[Si](C)(C)C(C)(C)C)[C@@H](COP(=O)(O)CCC#N)O2)c(=O)[nH]c1=O. The summed E-state index contributed by atoms with van der Waals surface area (Å²) < 4.78 is 31.2. The molecule has 0 aromatic carbocycles. The van der Waals surface area contributed by atoms with E-state index in [2.05, 4.69) is 38.8 Å². The van der Waals surface area contributed by atoms with Crippen molar-refractivity contribution in [2.75, 3.05) is 12.8 Å². The Labute approximate surface area is 182 Å². The lowest BCUT2D eigenvalue weighted by Gasteiger charge is -2.39. The molecule has 1 saturated heterocycles. The summed E-state index contributed by atoms with van der Waals surface area (Å²) in [6.45, 7) is 11.8. The zero-order chi connectivity index (χ0) is 23.6. The van der Waals surface area contributed by atoms with Gasteiger partial charge in [-0.2, -0.15) is 5.26 Å². The van der Waals surface area contributed by atoms with Gasteiger partial charge >= 0.3 is 13.3 Å². The van der Waals surface area contributed by atoms with Gasteiger partial charge in [0.2, 0.25) is 0 Å². The topological polar surface area (TPSA) is 144 Å². The van der Waals surface area contributed by atoms with Gasteiger partial charge in [0, 0.05) is 24.6 Å². The van der Waals surface area contributed by atoms with Crippen molar-refractivity contribution >= 4 is 15.9 Å². The lowest BCUT2D eigenvalue weighted by atomic mass is 10.2. The second-order valence-corrected chi connectivity index (χ2v) is 16.1. The molecule has 2 heterocycles. The molecule has 1 aromatic heterocycles. The van der Waals surface area contributed by atoms with Crippen LogP contribution in [0.15, 0.2) is 15.8 Å². The highest BCUT2D eigenvalue weighted by atomic mass is 31.2. The molecule has 31 heavy (non-hydrogen) atoms. The van der Waals surface area contributed by atoms with Crippen molar-refractivity contribution in [3.8, 4) is 6.07 Å². The predicted octanol–water partition coefficient (Wildman–Crippen LogP) is 2.64. The number of hydrogen-bond acceptors (Lipinski definition) is 7. The van der Waals surface area contributed by atoms with E-state index in [9.17, 15) is 19.0 Å². The first-order chi connectivity index (χ1) is 14.2. The Hall–Kier alpha value is -1.54. The zero-order valence-corrected chi connectivity index (χ0v) is 20.8. The van der Waals surface area contributed by atoms with Gasteiger partial charge in [-0.05, 0) is 25.1 Å². The van der Waals surface area contributed by atoms with Crippen molar-refractivity contribution in [1.29, 1.82) is 5.26 Å². The maximum absolute atomic E-state index is 12.3. The summed E-state index contributed by atoms with van der Waals surface area (Å²) in [6, 6.07) is 1.82. The van der Waals surface area contributed by atoms with Gasteiger partial charge in [-0.3, -0.25) is 18.9 Å². The van der Waals surface area contributed by atoms with Gasteiger partial charge < -0.3 is 18.6 Å². The Morgan fingerprint density at radius 1 is 1.42 bits per heavy atom. The molecule has 0 radical (unpaired) electrons. The fraction of sp³-hybridized carbons (Fsp3) is 0.737. The molecule has 174 valence electrons. The summed E-state index contributed by atoms with van der Waals surface area (Å²) in [5, 5.41) is 8.57. The Morgan fingerprint density at radius 3 is 2.65 bits per heavy atom. The van der Waals surface area contributed by atoms with Crippen molar-refractivity contribution in [2.24, 2.45) is 0 Å². The van der Waals surface area contributed by atoms with E-state index in [4.69, 9.17) is 18.9 Å². The lowest BCUT2D eigenvalue weighted by Crippen LogP contribution is -2.46. The molecule has 0 bridgehead atoms.